The molecule has 1 amide bonds. The molecule has 0 saturated carbocycles. The third kappa shape index (κ3) is 3.43. The molecule has 0 atom stereocenters. The van der Waals surface area contributed by atoms with Crippen molar-refractivity contribution in [2.24, 2.45) is 11.5 Å². The number of hydrogen-bond acceptors (Lipinski definition) is 4. The van der Waals surface area contributed by atoms with Gasteiger partial charge in [-0.05, 0) is 36.7 Å². The zero-order chi connectivity index (χ0) is 12.0. The zero-order valence-corrected chi connectivity index (χ0v) is 9.23. The van der Waals surface area contributed by atoms with Crippen LogP contribution in [0.1, 0.15) is 5.56 Å². The number of hydrogen-bond donors (Lipinski definition) is 2. The molecule has 0 aliphatic heterocycles. The molecule has 0 aromatic heterocycles. The highest BCUT2D eigenvalue weighted by Crippen LogP contribution is 2.24. The first-order valence-corrected chi connectivity index (χ1v) is 4.95. The van der Waals surface area contributed by atoms with E-state index in [1.807, 2.05) is 6.07 Å². The van der Waals surface area contributed by atoms with Gasteiger partial charge in [0.1, 0.15) is 11.5 Å². The van der Waals surface area contributed by atoms with Gasteiger partial charge in [-0.25, -0.2) is 0 Å². The standard InChI is InChI=1S/C11H16N2O3/c1-15-9-2-3-10(16-7-11(13)14)8(6-9)4-5-12/h2-3,6H,4-5,7,12H2,1H3,(H2,13,14). The van der Waals surface area contributed by atoms with Crippen molar-refractivity contribution >= 4 is 5.91 Å². The van der Waals surface area contributed by atoms with Crippen molar-refractivity contribution in [2.75, 3.05) is 20.3 Å². The highest BCUT2D eigenvalue weighted by molar-refractivity contribution is 5.75. The number of primary amides is 1. The number of ether oxygens (including phenoxy) is 2. The van der Waals surface area contributed by atoms with Crippen LogP contribution in [-0.4, -0.2) is 26.2 Å². The minimum Gasteiger partial charge on any atom is -0.497 e. The van der Waals surface area contributed by atoms with Crippen LogP contribution in [0.2, 0.25) is 0 Å². The van der Waals surface area contributed by atoms with Crippen LogP contribution in [0.5, 0.6) is 11.5 Å². The molecule has 1 rings (SSSR count). The Labute approximate surface area is 94.3 Å². The van der Waals surface area contributed by atoms with E-state index in [1.165, 1.54) is 0 Å². The number of amides is 1. The molecule has 16 heavy (non-hydrogen) atoms. The van der Waals surface area contributed by atoms with Gasteiger partial charge in [-0.15, -0.1) is 0 Å². The molecule has 0 spiro atoms. The summed E-state index contributed by atoms with van der Waals surface area (Å²) in [5.41, 5.74) is 11.4. The van der Waals surface area contributed by atoms with Crippen LogP contribution in [0.25, 0.3) is 0 Å². The van der Waals surface area contributed by atoms with Gasteiger partial charge >= 0.3 is 0 Å². The fourth-order valence-electron chi connectivity index (χ4n) is 1.32. The third-order valence-electron chi connectivity index (χ3n) is 2.05. The number of benzene rings is 1. The molecule has 88 valence electrons. The summed E-state index contributed by atoms with van der Waals surface area (Å²) >= 11 is 0. The molecule has 4 N–H and O–H groups in total. The van der Waals surface area contributed by atoms with Crippen molar-refractivity contribution in [3.05, 3.63) is 23.8 Å². The van der Waals surface area contributed by atoms with Gasteiger partial charge in [0.2, 0.25) is 0 Å². The van der Waals surface area contributed by atoms with Crippen LogP contribution in [0.15, 0.2) is 18.2 Å². The van der Waals surface area contributed by atoms with Crippen LogP contribution in [-0.2, 0) is 11.2 Å². The molecular formula is C11H16N2O3. The summed E-state index contributed by atoms with van der Waals surface area (Å²) in [5, 5.41) is 0. The van der Waals surface area contributed by atoms with Crippen molar-refractivity contribution < 1.29 is 14.3 Å². The van der Waals surface area contributed by atoms with E-state index in [0.29, 0.717) is 18.7 Å². The summed E-state index contributed by atoms with van der Waals surface area (Å²) in [6.45, 7) is 0.365. The maximum Gasteiger partial charge on any atom is 0.255 e. The van der Waals surface area contributed by atoms with Crippen LogP contribution < -0.4 is 20.9 Å². The smallest absolute Gasteiger partial charge is 0.255 e. The Morgan fingerprint density at radius 2 is 2.19 bits per heavy atom. The molecule has 0 heterocycles. The minimum absolute atomic E-state index is 0.135. The summed E-state index contributed by atoms with van der Waals surface area (Å²) in [5.74, 6) is 0.842. The molecule has 0 aliphatic rings. The molecule has 0 saturated heterocycles. The number of methoxy groups -OCH3 is 1. The monoisotopic (exact) mass is 224 g/mol. The zero-order valence-electron chi connectivity index (χ0n) is 9.23. The first kappa shape index (κ1) is 12.3. The van der Waals surface area contributed by atoms with E-state index >= 15 is 0 Å². The van der Waals surface area contributed by atoms with Gasteiger partial charge < -0.3 is 20.9 Å². The molecule has 0 fully saturated rings. The normalized spacial score (nSPS) is 9.88. The predicted molar refractivity (Wildman–Crippen MR) is 60.4 cm³/mol. The Balaban J connectivity index is 2.84. The van der Waals surface area contributed by atoms with E-state index in [4.69, 9.17) is 20.9 Å². The average molecular weight is 224 g/mol. The molecule has 5 nitrogen and oxygen atoms in total. The van der Waals surface area contributed by atoms with Gasteiger partial charge in [-0.2, -0.15) is 0 Å². The first-order valence-electron chi connectivity index (χ1n) is 4.95. The average Bonchev–Trinajstić information content (AvgIpc) is 2.27. The number of carbonyl (C=O) groups excluding carboxylic acids is 1. The van der Waals surface area contributed by atoms with E-state index in [0.717, 1.165) is 11.3 Å². The second-order valence-corrected chi connectivity index (χ2v) is 3.27. The topological polar surface area (TPSA) is 87.6 Å². The summed E-state index contributed by atoms with van der Waals surface area (Å²) in [4.78, 5) is 10.6. The number of carbonyl (C=O) groups is 1. The van der Waals surface area contributed by atoms with E-state index < -0.39 is 5.91 Å². The SMILES string of the molecule is COc1ccc(OCC(N)=O)c(CCN)c1. The molecule has 0 unspecified atom stereocenters. The molecule has 0 bridgehead atoms. The highest BCUT2D eigenvalue weighted by atomic mass is 16.5. The Bertz CT molecular complexity index is 366. The molecule has 0 aliphatic carbocycles. The lowest BCUT2D eigenvalue weighted by molar-refractivity contribution is -0.119. The minimum atomic E-state index is -0.505. The fraction of sp³-hybridized carbons (Fsp3) is 0.364. The van der Waals surface area contributed by atoms with Crippen molar-refractivity contribution in [3.63, 3.8) is 0 Å². The van der Waals surface area contributed by atoms with E-state index in [1.54, 1.807) is 19.2 Å². The van der Waals surface area contributed by atoms with Crippen molar-refractivity contribution in [1.29, 1.82) is 0 Å². The van der Waals surface area contributed by atoms with E-state index in [-0.39, 0.29) is 6.61 Å². The predicted octanol–water partition coefficient (Wildman–Crippen LogP) is 0.0605. The lowest BCUT2D eigenvalue weighted by Crippen LogP contribution is -2.20. The molecule has 1 aromatic rings. The lowest BCUT2D eigenvalue weighted by Gasteiger charge is -2.11. The molecule has 1 aromatic carbocycles. The van der Waals surface area contributed by atoms with Gasteiger partial charge in [0, 0.05) is 0 Å². The summed E-state index contributed by atoms with van der Waals surface area (Å²) < 4.78 is 10.4. The summed E-state index contributed by atoms with van der Waals surface area (Å²) in [7, 11) is 1.59. The highest BCUT2D eigenvalue weighted by Gasteiger charge is 2.06. The second-order valence-electron chi connectivity index (χ2n) is 3.27. The van der Waals surface area contributed by atoms with Crippen LogP contribution in [0.3, 0.4) is 0 Å². The van der Waals surface area contributed by atoms with Gasteiger partial charge in [-0.1, -0.05) is 0 Å². The Morgan fingerprint density at radius 1 is 1.44 bits per heavy atom. The largest absolute Gasteiger partial charge is 0.497 e. The quantitative estimate of drug-likeness (QED) is 0.715. The van der Waals surface area contributed by atoms with Crippen LogP contribution in [0.4, 0.5) is 0 Å². The van der Waals surface area contributed by atoms with Crippen molar-refractivity contribution in [2.45, 2.75) is 6.42 Å². The summed E-state index contributed by atoms with van der Waals surface area (Å²) in [6, 6.07) is 5.34. The van der Waals surface area contributed by atoms with E-state index in [9.17, 15) is 4.79 Å². The Kier molecular flexibility index (Phi) is 4.60. The van der Waals surface area contributed by atoms with Crippen LogP contribution >= 0.6 is 0 Å². The van der Waals surface area contributed by atoms with Gasteiger partial charge in [0.05, 0.1) is 7.11 Å². The fourth-order valence-corrected chi connectivity index (χ4v) is 1.32. The Hall–Kier alpha value is -1.75. The van der Waals surface area contributed by atoms with Gasteiger partial charge in [0.25, 0.3) is 5.91 Å². The van der Waals surface area contributed by atoms with E-state index in [2.05, 4.69) is 0 Å². The van der Waals surface area contributed by atoms with Crippen molar-refractivity contribution in [1.82, 2.24) is 0 Å². The maximum atomic E-state index is 10.6. The van der Waals surface area contributed by atoms with Gasteiger partial charge in [0.15, 0.2) is 6.61 Å². The Morgan fingerprint density at radius 3 is 2.75 bits per heavy atom. The number of rotatable bonds is 6. The van der Waals surface area contributed by atoms with Crippen LogP contribution in [0, 0.1) is 0 Å². The lowest BCUT2D eigenvalue weighted by atomic mass is 10.1. The third-order valence-corrected chi connectivity index (χ3v) is 2.05. The summed E-state index contributed by atoms with van der Waals surface area (Å²) in [6.07, 6.45) is 0.658. The molecule has 5 heteroatoms. The molecular weight excluding hydrogens is 208 g/mol. The second kappa shape index (κ2) is 5.97. The number of nitrogens with two attached hydrogens (primary N) is 2. The maximum absolute atomic E-state index is 10.6. The molecule has 0 radical (unpaired) electrons. The van der Waals surface area contributed by atoms with Gasteiger partial charge in [-0.3, -0.25) is 4.79 Å². The first-order chi connectivity index (χ1) is 7.67. The van der Waals surface area contributed by atoms with Crippen molar-refractivity contribution in [3.8, 4) is 11.5 Å².